The number of nitrogens with zero attached hydrogens (tertiary/aromatic N) is 3. The molecule has 1 aliphatic rings. The summed E-state index contributed by atoms with van der Waals surface area (Å²) in [6.07, 6.45) is 0. The molecule has 0 radical (unpaired) electrons. The van der Waals surface area contributed by atoms with Gasteiger partial charge < -0.3 is 9.30 Å². The highest BCUT2D eigenvalue weighted by Gasteiger charge is 2.29. The SMILES string of the molecule is O=C(Cn1c(COc2ccc(Cl)cc2Cl)nc2ccccc21)N1c2ccccc2Sc2ccccc21. The van der Waals surface area contributed by atoms with Crippen molar-refractivity contribution in [3.8, 4) is 5.75 Å². The molecule has 0 N–H and O–H groups in total. The fourth-order valence-corrected chi connectivity index (χ4v) is 5.85. The number of aromatic nitrogens is 2. The molecule has 36 heavy (non-hydrogen) atoms. The van der Waals surface area contributed by atoms with Crippen LogP contribution in [0.1, 0.15) is 5.82 Å². The van der Waals surface area contributed by atoms with Gasteiger partial charge in [0.25, 0.3) is 5.91 Å². The second-order valence-electron chi connectivity index (χ2n) is 8.23. The van der Waals surface area contributed by atoms with Crippen molar-refractivity contribution in [3.63, 3.8) is 0 Å². The van der Waals surface area contributed by atoms with E-state index in [1.165, 1.54) is 0 Å². The number of benzene rings is 4. The molecule has 0 saturated carbocycles. The Hall–Kier alpha value is -3.45. The third-order valence-electron chi connectivity index (χ3n) is 5.96. The van der Waals surface area contributed by atoms with Crippen LogP contribution in [0.25, 0.3) is 11.0 Å². The number of ether oxygens (including phenoxy) is 1. The van der Waals surface area contributed by atoms with E-state index in [0.717, 1.165) is 32.2 Å². The second-order valence-corrected chi connectivity index (χ2v) is 10.2. The van der Waals surface area contributed by atoms with E-state index in [4.69, 9.17) is 32.9 Å². The summed E-state index contributed by atoms with van der Waals surface area (Å²) < 4.78 is 7.90. The predicted octanol–water partition coefficient (Wildman–Crippen LogP) is 7.75. The van der Waals surface area contributed by atoms with Crippen molar-refractivity contribution in [1.82, 2.24) is 9.55 Å². The van der Waals surface area contributed by atoms with Crippen LogP contribution in [-0.4, -0.2) is 15.5 Å². The molecule has 0 spiro atoms. The Kier molecular flexibility index (Phi) is 6.09. The molecule has 5 nitrogen and oxygen atoms in total. The van der Waals surface area contributed by atoms with Crippen molar-refractivity contribution in [1.29, 1.82) is 0 Å². The van der Waals surface area contributed by atoms with E-state index >= 15 is 0 Å². The first-order valence-electron chi connectivity index (χ1n) is 11.3. The van der Waals surface area contributed by atoms with Crippen LogP contribution < -0.4 is 9.64 Å². The molecular weight excluding hydrogens is 513 g/mol. The van der Waals surface area contributed by atoms with E-state index in [2.05, 4.69) is 0 Å². The first-order valence-corrected chi connectivity index (χ1v) is 12.9. The lowest BCUT2D eigenvalue weighted by Gasteiger charge is -2.31. The van der Waals surface area contributed by atoms with Crippen LogP contribution in [0.2, 0.25) is 10.0 Å². The standard InChI is InChI=1S/C28H19Cl2N3O2S/c29-18-13-14-24(19(30)15-18)35-17-27-31-20-7-1-2-8-21(20)32(27)16-28(34)33-22-9-3-5-11-25(22)36-26-12-6-4-10-23(26)33/h1-15H,16-17H2. The number of hydrogen-bond donors (Lipinski definition) is 0. The molecule has 4 aromatic carbocycles. The Labute approximate surface area is 222 Å². The van der Waals surface area contributed by atoms with Crippen LogP contribution in [0, 0.1) is 0 Å². The molecule has 0 aliphatic carbocycles. The number of carbonyl (C=O) groups is 1. The summed E-state index contributed by atoms with van der Waals surface area (Å²) in [6, 6.07) is 28.8. The lowest BCUT2D eigenvalue weighted by Crippen LogP contribution is -2.32. The zero-order valence-corrected chi connectivity index (χ0v) is 21.2. The lowest BCUT2D eigenvalue weighted by molar-refractivity contribution is -0.118. The number of rotatable bonds is 5. The smallest absolute Gasteiger partial charge is 0.251 e. The van der Waals surface area contributed by atoms with Crippen molar-refractivity contribution >= 4 is 63.3 Å². The van der Waals surface area contributed by atoms with Crippen LogP contribution in [-0.2, 0) is 17.9 Å². The van der Waals surface area contributed by atoms with E-state index in [-0.39, 0.29) is 19.1 Å². The minimum atomic E-state index is -0.0656. The number of fused-ring (bicyclic) bond motifs is 3. The van der Waals surface area contributed by atoms with Crippen molar-refractivity contribution in [3.05, 3.63) is 107 Å². The van der Waals surface area contributed by atoms with Crippen LogP contribution in [0.3, 0.4) is 0 Å². The van der Waals surface area contributed by atoms with Gasteiger partial charge in [-0.1, -0.05) is 71.4 Å². The van der Waals surface area contributed by atoms with Gasteiger partial charge in [-0.25, -0.2) is 4.98 Å². The summed E-state index contributed by atoms with van der Waals surface area (Å²) in [5.74, 6) is 1.06. The fourth-order valence-electron chi connectivity index (χ4n) is 4.33. The summed E-state index contributed by atoms with van der Waals surface area (Å²) in [5, 5.41) is 0.950. The monoisotopic (exact) mass is 531 g/mol. The molecule has 1 amide bonds. The Morgan fingerprint density at radius 3 is 2.25 bits per heavy atom. The van der Waals surface area contributed by atoms with E-state index in [9.17, 15) is 4.79 Å². The molecular formula is C28H19Cl2N3O2S. The Morgan fingerprint density at radius 2 is 1.53 bits per heavy atom. The Balaban J connectivity index is 1.36. The summed E-state index contributed by atoms with van der Waals surface area (Å²) in [4.78, 5) is 22.6. The van der Waals surface area contributed by atoms with E-state index < -0.39 is 0 Å². The largest absolute Gasteiger partial charge is 0.484 e. The minimum Gasteiger partial charge on any atom is -0.484 e. The number of imidazole rings is 1. The number of anilines is 2. The average molecular weight is 532 g/mol. The number of amides is 1. The van der Waals surface area contributed by atoms with Gasteiger partial charge in [0.2, 0.25) is 0 Å². The van der Waals surface area contributed by atoms with Crippen molar-refractivity contribution in [2.24, 2.45) is 0 Å². The maximum Gasteiger partial charge on any atom is 0.251 e. The summed E-state index contributed by atoms with van der Waals surface area (Å²) in [7, 11) is 0. The number of halogens is 2. The highest BCUT2D eigenvalue weighted by atomic mass is 35.5. The van der Waals surface area contributed by atoms with Crippen molar-refractivity contribution < 1.29 is 9.53 Å². The third-order valence-corrected chi connectivity index (χ3v) is 7.62. The van der Waals surface area contributed by atoms with Gasteiger partial charge in [0, 0.05) is 14.8 Å². The van der Waals surface area contributed by atoms with Gasteiger partial charge in [0.15, 0.2) is 0 Å². The summed E-state index contributed by atoms with van der Waals surface area (Å²) in [6.45, 7) is 0.243. The topological polar surface area (TPSA) is 47.4 Å². The van der Waals surface area contributed by atoms with Crippen LogP contribution >= 0.6 is 35.0 Å². The predicted molar refractivity (Wildman–Crippen MR) is 145 cm³/mol. The van der Waals surface area contributed by atoms with Crippen molar-refractivity contribution in [2.45, 2.75) is 22.9 Å². The molecule has 0 unspecified atom stereocenters. The van der Waals surface area contributed by atoms with Gasteiger partial charge in [-0.05, 0) is 54.6 Å². The zero-order chi connectivity index (χ0) is 24.6. The Morgan fingerprint density at radius 1 is 0.861 bits per heavy atom. The molecule has 1 aliphatic heterocycles. The van der Waals surface area contributed by atoms with E-state index in [0.29, 0.717) is 21.6 Å². The normalized spacial score (nSPS) is 12.3. The number of carbonyl (C=O) groups excluding carboxylic acids is 1. The van der Waals surface area contributed by atoms with Gasteiger partial charge in [-0.3, -0.25) is 9.69 Å². The molecule has 0 fully saturated rings. The van der Waals surface area contributed by atoms with Crippen LogP contribution in [0.5, 0.6) is 5.75 Å². The number of hydrogen-bond acceptors (Lipinski definition) is 4. The second kappa shape index (κ2) is 9.54. The van der Waals surface area contributed by atoms with Gasteiger partial charge in [0.1, 0.15) is 24.7 Å². The molecule has 0 saturated heterocycles. The third kappa shape index (κ3) is 4.22. The summed E-state index contributed by atoms with van der Waals surface area (Å²) >= 11 is 14.0. The summed E-state index contributed by atoms with van der Waals surface area (Å²) in [5.41, 5.74) is 3.41. The molecule has 1 aromatic heterocycles. The van der Waals surface area contributed by atoms with Crippen LogP contribution in [0.4, 0.5) is 11.4 Å². The zero-order valence-electron chi connectivity index (χ0n) is 18.9. The molecule has 8 heteroatoms. The number of para-hydroxylation sites is 4. The van der Waals surface area contributed by atoms with Gasteiger partial charge in [-0.2, -0.15) is 0 Å². The van der Waals surface area contributed by atoms with E-state index in [1.54, 1.807) is 34.9 Å². The highest BCUT2D eigenvalue weighted by molar-refractivity contribution is 7.99. The molecule has 5 aromatic rings. The molecule has 178 valence electrons. The molecule has 0 atom stereocenters. The Bertz CT molecular complexity index is 1570. The average Bonchev–Trinajstić information content (AvgIpc) is 3.23. The molecule has 6 rings (SSSR count). The molecule has 2 heterocycles. The van der Waals surface area contributed by atoms with Crippen LogP contribution in [0.15, 0.2) is 101 Å². The quantitative estimate of drug-likeness (QED) is 0.232. The van der Waals surface area contributed by atoms with Crippen molar-refractivity contribution in [2.75, 3.05) is 4.90 Å². The van der Waals surface area contributed by atoms with Gasteiger partial charge in [0.05, 0.1) is 27.4 Å². The van der Waals surface area contributed by atoms with Gasteiger partial charge >= 0.3 is 0 Å². The highest BCUT2D eigenvalue weighted by Crippen LogP contribution is 2.48. The first-order chi connectivity index (χ1) is 17.6. The maximum atomic E-state index is 13.9. The maximum absolute atomic E-state index is 13.9. The van der Waals surface area contributed by atoms with E-state index in [1.807, 2.05) is 77.4 Å². The first kappa shape index (κ1) is 23.0. The van der Waals surface area contributed by atoms with Gasteiger partial charge in [-0.15, -0.1) is 0 Å². The molecule has 0 bridgehead atoms. The minimum absolute atomic E-state index is 0.0656. The lowest BCUT2D eigenvalue weighted by atomic mass is 10.2. The fraction of sp³-hybridized carbons (Fsp3) is 0.0714.